The van der Waals surface area contributed by atoms with E-state index >= 15 is 0 Å². The first-order valence-electron chi connectivity index (χ1n) is 8.00. The van der Waals surface area contributed by atoms with Crippen molar-refractivity contribution in [2.75, 3.05) is 0 Å². The third kappa shape index (κ3) is 6.68. The van der Waals surface area contributed by atoms with Crippen LogP contribution in [0.15, 0.2) is 24.3 Å². The molecule has 0 aliphatic heterocycles. The molecule has 0 N–H and O–H groups in total. The Labute approximate surface area is 155 Å². The summed E-state index contributed by atoms with van der Waals surface area (Å²) in [6.45, 7) is 13.5. The predicted molar refractivity (Wildman–Crippen MR) is 102 cm³/mol. The van der Waals surface area contributed by atoms with Crippen molar-refractivity contribution in [2.45, 2.75) is 46.5 Å². The van der Waals surface area contributed by atoms with Gasteiger partial charge in [-0.3, -0.25) is 0 Å². The summed E-state index contributed by atoms with van der Waals surface area (Å²) in [5.74, 6) is 0. The molecule has 0 atom stereocenters. The van der Waals surface area contributed by atoms with E-state index in [4.69, 9.17) is 0 Å². The van der Waals surface area contributed by atoms with E-state index in [-0.39, 0.29) is 0 Å². The van der Waals surface area contributed by atoms with Crippen molar-refractivity contribution in [3.05, 3.63) is 57.6 Å². The standard InChI is InChI=1S/C19H25Te.BF4/c1-12-8-14(3)18(15(4)9-12)20(7)19-16(5)10-13(2)11-17(19)6;2-1(3,4)5/h8-11H,1-7H3;/q+1;-1. The number of hydrogen-bond donors (Lipinski definition) is 0. The summed E-state index contributed by atoms with van der Waals surface area (Å²) in [7, 11) is -6.00. The summed E-state index contributed by atoms with van der Waals surface area (Å²) in [6, 6.07) is 9.38. The molecule has 0 radical (unpaired) electrons. The number of halogens is 4. The van der Waals surface area contributed by atoms with Gasteiger partial charge in [-0.2, -0.15) is 0 Å². The van der Waals surface area contributed by atoms with Gasteiger partial charge < -0.3 is 17.3 Å². The van der Waals surface area contributed by atoms with Crippen LogP contribution in [0, 0.1) is 41.5 Å². The maximum absolute atomic E-state index is 9.75. The zero-order chi connectivity index (χ0) is 19.5. The molecule has 0 fully saturated rings. The molecule has 2 rings (SSSR count). The summed E-state index contributed by atoms with van der Waals surface area (Å²) in [6.07, 6.45) is 0. The van der Waals surface area contributed by atoms with Crippen molar-refractivity contribution in [3.63, 3.8) is 0 Å². The van der Waals surface area contributed by atoms with Crippen LogP contribution in [0.25, 0.3) is 0 Å². The molecule has 0 aromatic heterocycles. The molecular weight excluding hydrogens is 443 g/mol. The summed E-state index contributed by atoms with van der Waals surface area (Å²) in [4.78, 5) is 2.51. The Balaban J connectivity index is 0.000000550. The first-order chi connectivity index (χ1) is 11.3. The van der Waals surface area contributed by atoms with Crippen LogP contribution in [-0.4, -0.2) is 26.8 Å². The van der Waals surface area contributed by atoms with Crippen LogP contribution in [0.2, 0.25) is 4.97 Å². The van der Waals surface area contributed by atoms with Crippen molar-refractivity contribution < 1.29 is 17.3 Å². The van der Waals surface area contributed by atoms with E-state index in [1.54, 1.807) is 7.22 Å². The van der Waals surface area contributed by atoms with Gasteiger partial charge in [0.05, 0.1) is 0 Å². The summed E-state index contributed by atoms with van der Waals surface area (Å²) in [5, 5.41) is 0. The molecule has 0 saturated carbocycles. The van der Waals surface area contributed by atoms with Gasteiger partial charge in [-0.25, -0.2) is 0 Å². The molecule has 2 aromatic carbocycles. The van der Waals surface area contributed by atoms with E-state index < -0.39 is 26.8 Å². The minimum Gasteiger partial charge on any atom is -0.418 e. The van der Waals surface area contributed by atoms with Gasteiger partial charge in [0.15, 0.2) is 0 Å². The SMILES string of the molecule is Cc1cc(C)c([Te+](C)c2c(C)cc(C)cc2C)c(C)c1.F[B-](F)(F)F. The molecule has 6 heteroatoms. The quantitative estimate of drug-likeness (QED) is 0.427. The fourth-order valence-corrected chi connectivity index (χ4v) is 10.2. The van der Waals surface area contributed by atoms with Gasteiger partial charge >= 0.3 is 138 Å². The van der Waals surface area contributed by atoms with E-state index in [0.29, 0.717) is 0 Å². The molecule has 0 saturated heterocycles. The molecule has 25 heavy (non-hydrogen) atoms. The topological polar surface area (TPSA) is 0 Å². The van der Waals surface area contributed by atoms with E-state index in [2.05, 4.69) is 70.8 Å². The first-order valence-corrected chi connectivity index (χ1v) is 12.7. The van der Waals surface area contributed by atoms with Gasteiger partial charge in [0.1, 0.15) is 0 Å². The number of rotatable bonds is 2. The Morgan fingerprint density at radius 3 is 1.00 bits per heavy atom. The molecule has 0 aliphatic carbocycles. The second kappa shape index (κ2) is 8.60. The molecule has 0 bridgehead atoms. The van der Waals surface area contributed by atoms with Gasteiger partial charge in [-0.15, -0.1) is 0 Å². The maximum Gasteiger partial charge on any atom is 0.673 e. The van der Waals surface area contributed by atoms with Crippen LogP contribution >= 0.6 is 0 Å². The maximum atomic E-state index is 9.75. The molecule has 0 amide bonds. The minimum atomic E-state index is -6.00. The average Bonchev–Trinajstić information content (AvgIpc) is 2.33. The molecule has 138 valence electrons. The van der Waals surface area contributed by atoms with E-state index in [1.807, 2.05) is 0 Å². The summed E-state index contributed by atoms with van der Waals surface area (Å²) < 4.78 is 42.3. The molecule has 0 spiro atoms. The van der Waals surface area contributed by atoms with E-state index in [1.165, 1.54) is 33.4 Å². The first kappa shape index (κ1) is 22.1. The monoisotopic (exact) mass is 470 g/mol. The summed E-state index contributed by atoms with van der Waals surface area (Å²) >= 11 is -1.47. The smallest absolute Gasteiger partial charge is 0.418 e. The van der Waals surface area contributed by atoms with E-state index in [9.17, 15) is 17.3 Å². The van der Waals surface area contributed by atoms with Gasteiger partial charge in [-0.05, 0) is 0 Å². The Morgan fingerprint density at radius 2 is 0.800 bits per heavy atom. The fraction of sp³-hybridized carbons (Fsp3) is 0.368. The zero-order valence-electron chi connectivity index (χ0n) is 15.8. The largest absolute Gasteiger partial charge is 0.673 e. The molecule has 2 aromatic rings. The Hall–Kier alpha value is -0.985. The number of hydrogen-bond acceptors (Lipinski definition) is 0. The van der Waals surface area contributed by atoms with Gasteiger partial charge in [0.25, 0.3) is 0 Å². The van der Waals surface area contributed by atoms with Crippen LogP contribution in [0.4, 0.5) is 17.3 Å². The van der Waals surface area contributed by atoms with Crippen LogP contribution in [0.5, 0.6) is 0 Å². The average molecular weight is 468 g/mol. The van der Waals surface area contributed by atoms with Crippen molar-refractivity contribution in [3.8, 4) is 0 Å². The molecule has 0 heterocycles. The van der Waals surface area contributed by atoms with Crippen LogP contribution in [-0.2, 0) is 0 Å². The zero-order valence-corrected chi connectivity index (χ0v) is 18.1. The van der Waals surface area contributed by atoms with Gasteiger partial charge in [0, 0.05) is 0 Å². The summed E-state index contributed by atoms with van der Waals surface area (Å²) in [5.41, 5.74) is 8.71. The molecule has 0 unspecified atom stereocenters. The normalized spacial score (nSPS) is 11.4. The second-order valence-corrected chi connectivity index (χ2v) is 11.7. The fourth-order valence-electron chi connectivity index (χ4n) is 3.40. The predicted octanol–water partition coefficient (Wildman–Crippen LogP) is 5.08. The number of aryl methyl sites for hydroxylation is 6. The molecular formula is C19H25BF4Te. The molecule has 0 aliphatic rings. The second-order valence-electron chi connectivity index (χ2n) is 6.46. The third-order valence-corrected chi connectivity index (χ3v) is 11.0. The molecule has 0 nitrogen and oxygen atoms in total. The minimum absolute atomic E-state index is 1.38. The van der Waals surface area contributed by atoms with Crippen molar-refractivity contribution in [2.24, 2.45) is 0 Å². The van der Waals surface area contributed by atoms with Gasteiger partial charge in [0.2, 0.25) is 0 Å². The van der Waals surface area contributed by atoms with Crippen molar-refractivity contribution in [1.82, 2.24) is 0 Å². The van der Waals surface area contributed by atoms with Crippen molar-refractivity contribution >= 4 is 34.0 Å². The number of benzene rings is 2. The van der Waals surface area contributed by atoms with Crippen LogP contribution in [0.1, 0.15) is 33.4 Å². The Bertz CT molecular complexity index is 644. The Kier molecular flexibility index (Phi) is 7.59. The Morgan fingerprint density at radius 1 is 0.600 bits per heavy atom. The van der Waals surface area contributed by atoms with E-state index in [0.717, 1.165) is 0 Å². The van der Waals surface area contributed by atoms with Gasteiger partial charge in [-0.1, -0.05) is 0 Å². The van der Waals surface area contributed by atoms with Crippen molar-refractivity contribution in [1.29, 1.82) is 0 Å². The third-order valence-electron chi connectivity index (χ3n) is 3.82. The van der Waals surface area contributed by atoms with Crippen LogP contribution in [0.3, 0.4) is 0 Å². The van der Waals surface area contributed by atoms with Crippen LogP contribution < -0.4 is 7.22 Å².